The standard InChI is InChI=1S/C8H12N2O/c1-4-8(5-2)6(3)9-7(11)10-8/h4-6H,1-2H2,3H3,(H2,9,10,11). The van der Waals surface area contributed by atoms with Crippen molar-refractivity contribution in [3.8, 4) is 0 Å². The number of rotatable bonds is 2. The van der Waals surface area contributed by atoms with E-state index in [1.807, 2.05) is 6.92 Å². The van der Waals surface area contributed by atoms with E-state index in [0.29, 0.717) is 0 Å². The number of amides is 2. The van der Waals surface area contributed by atoms with Crippen LogP contribution in [0.15, 0.2) is 25.3 Å². The van der Waals surface area contributed by atoms with Gasteiger partial charge in [0.2, 0.25) is 0 Å². The predicted molar refractivity (Wildman–Crippen MR) is 44.3 cm³/mol. The molecule has 3 heteroatoms. The quantitative estimate of drug-likeness (QED) is 0.564. The summed E-state index contributed by atoms with van der Waals surface area (Å²) in [5.74, 6) is 0. The van der Waals surface area contributed by atoms with E-state index in [-0.39, 0.29) is 12.1 Å². The van der Waals surface area contributed by atoms with Gasteiger partial charge in [-0.2, -0.15) is 0 Å². The summed E-state index contributed by atoms with van der Waals surface area (Å²) in [6, 6.07) is -0.151. The van der Waals surface area contributed by atoms with Crippen LogP contribution in [0.2, 0.25) is 0 Å². The van der Waals surface area contributed by atoms with E-state index < -0.39 is 5.54 Å². The zero-order valence-electron chi connectivity index (χ0n) is 6.55. The first kappa shape index (κ1) is 7.85. The number of hydrogen-bond acceptors (Lipinski definition) is 1. The van der Waals surface area contributed by atoms with Crippen molar-refractivity contribution >= 4 is 6.03 Å². The molecular weight excluding hydrogens is 140 g/mol. The van der Waals surface area contributed by atoms with Crippen LogP contribution in [0.4, 0.5) is 4.79 Å². The van der Waals surface area contributed by atoms with Crippen molar-refractivity contribution in [2.45, 2.75) is 18.5 Å². The molecule has 1 fully saturated rings. The van der Waals surface area contributed by atoms with Crippen molar-refractivity contribution in [1.29, 1.82) is 0 Å². The summed E-state index contributed by atoms with van der Waals surface area (Å²) in [5.41, 5.74) is -0.475. The SMILES string of the molecule is C=CC1(C=C)NC(=O)NC1C. The van der Waals surface area contributed by atoms with E-state index in [0.717, 1.165) is 0 Å². The summed E-state index contributed by atoms with van der Waals surface area (Å²) in [7, 11) is 0. The van der Waals surface area contributed by atoms with Crippen molar-refractivity contribution < 1.29 is 4.79 Å². The van der Waals surface area contributed by atoms with E-state index in [1.165, 1.54) is 0 Å². The third-order valence-electron chi connectivity index (χ3n) is 2.07. The molecule has 1 atom stereocenters. The zero-order chi connectivity index (χ0) is 8.48. The van der Waals surface area contributed by atoms with Crippen LogP contribution in [0.1, 0.15) is 6.92 Å². The first-order valence-corrected chi connectivity index (χ1v) is 3.50. The van der Waals surface area contributed by atoms with E-state index in [9.17, 15) is 4.79 Å². The van der Waals surface area contributed by atoms with Gasteiger partial charge in [0.1, 0.15) is 0 Å². The Labute approximate surface area is 66.2 Å². The summed E-state index contributed by atoms with van der Waals surface area (Å²) in [5, 5.41) is 5.45. The molecule has 2 amide bonds. The van der Waals surface area contributed by atoms with Gasteiger partial charge in [0, 0.05) is 0 Å². The van der Waals surface area contributed by atoms with Gasteiger partial charge in [-0.3, -0.25) is 0 Å². The van der Waals surface area contributed by atoms with Crippen molar-refractivity contribution in [2.24, 2.45) is 0 Å². The minimum absolute atomic E-state index is 0.0185. The van der Waals surface area contributed by atoms with Gasteiger partial charge in [-0.1, -0.05) is 12.2 Å². The molecule has 0 spiro atoms. The lowest BCUT2D eigenvalue weighted by Gasteiger charge is -2.23. The first-order chi connectivity index (χ1) is 5.14. The Morgan fingerprint density at radius 2 is 2.09 bits per heavy atom. The molecule has 1 rings (SSSR count). The molecule has 1 heterocycles. The average Bonchev–Trinajstić information content (AvgIpc) is 2.27. The van der Waals surface area contributed by atoms with Crippen LogP contribution in [-0.4, -0.2) is 17.6 Å². The fourth-order valence-corrected chi connectivity index (χ4v) is 1.20. The highest BCUT2D eigenvalue weighted by molar-refractivity contribution is 5.79. The molecule has 11 heavy (non-hydrogen) atoms. The Morgan fingerprint density at radius 1 is 1.55 bits per heavy atom. The number of hydrogen-bond donors (Lipinski definition) is 2. The van der Waals surface area contributed by atoms with Crippen LogP contribution < -0.4 is 10.6 Å². The van der Waals surface area contributed by atoms with Gasteiger partial charge in [-0.05, 0) is 6.92 Å². The third-order valence-corrected chi connectivity index (χ3v) is 2.07. The van der Waals surface area contributed by atoms with Crippen molar-refractivity contribution in [2.75, 3.05) is 0 Å². The van der Waals surface area contributed by atoms with Gasteiger partial charge in [-0.25, -0.2) is 4.79 Å². The van der Waals surface area contributed by atoms with Crippen LogP contribution in [0, 0.1) is 0 Å². The Balaban J connectivity index is 2.92. The summed E-state index contributed by atoms with van der Waals surface area (Å²) in [6.07, 6.45) is 3.37. The molecule has 0 saturated carbocycles. The summed E-state index contributed by atoms with van der Waals surface area (Å²) in [4.78, 5) is 10.9. The Kier molecular flexibility index (Phi) is 1.72. The number of carbonyl (C=O) groups excluding carboxylic acids is 1. The largest absolute Gasteiger partial charge is 0.333 e. The van der Waals surface area contributed by atoms with Crippen molar-refractivity contribution in [3.05, 3.63) is 25.3 Å². The lowest BCUT2D eigenvalue weighted by Crippen LogP contribution is -2.43. The fraction of sp³-hybridized carbons (Fsp3) is 0.375. The van der Waals surface area contributed by atoms with E-state index in [2.05, 4.69) is 23.8 Å². The molecule has 1 aliphatic rings. The number of urea groups is 1. The smallest absolute Gasteiger partial charge is 0.316 e. The summed E-state index contributed by atoms with van der Waals surface area (Å²) in [6.45, 7) is 9.19. The van der Waals surface area contributed by atoms with E-state index >= 15 is 0 Å². The monoisotopic (exact) mass is 152 g/mol. The van der Waals surface area contributed by atoms with Gasteiger partial charge in [0.15, 0.2) is 0 Å². The topological polar surface area (TPSA) is 41.1 Å². The molecule has 1 aliphatic heterocycles. The van der Waals surface area contributed by atoms with Crippen molar-refractivity contribution in [3.63, 3.8) is 0 Å². The summed E-state index contributed by atoms with van der Waals surface area (Å²) < 4.78 is 0. The highest BCUT2D eigenvalue weighted by Gasteiger charge is 2.38. The second-order valence-corrected chi connectivity index (χ2v) is 2.66. The van der Waals surface area contributed by atoms with Gasteiger partial charge in [0.25, 0.3) is 0 Å². The predicted octanol–water partition coefficient (Wildman–Crippen LogP) is 0.798. The first-order valence-electron chi connectivity index (χ1n) is 3.50. The molecule has 60 valence electrons. The van der Waals surface area contributed by atoms with Gasteiger partial charge in [-0.15, -0.1) is 13.2 Å². The van der Waals surface area contributed by atoms with Crippen LogP contribution >= 0.6 is 0 Å². The molecule has 0 aromatic rings. The van der Waals surface area contributed by atoms with Gasteiger partial charge >= 0.3 is 6.03 Å². The fourth-order valence-electron chi connectivity index (χ4n) is 1.20. The lowest BCUT2D eigenvalue weighted by molar-refractivity contribution is 0.247. The van der Waals surface area contributed by atoms with Crippen LogP contribution in [-0.2, 0) is 0 Å². The zero-order valence-corrected chi connectivity index (χ0v) is 6.55. The molecule has 0 radical (unpaired) electrons. The molecule has 1 unspecified atom stereocenters. The van der Waals surface area contributed by atoms with E-state index in [4.69, 9.17) is 0 Å². The Bertz CT molecular complexity index is 202. The minimum atomic E-state index is -0.475. The molecule has 0 aromatic carbocycles. The highest BCUT2D eigenvalue weighted by Crippen LogP contribution is 2.17. The maximum absolute atomic E-state index is 10.9. The molecule has 0 aromatic heterocycles. The van der Waals surface area contributed by atoms with Gasteiger partial charge < -0.3 is 10.6 Å². The maximum atomic E-state index is 10.9. The highest BCUT2D eigenvalue weighted by atomic mass is 16.2. The normalized spacial score (nSPS) is 27.0. The molecule has 2 N–H and O–H groups in total. The minimum Gasteiger partial charge on any atom is -0.333 e. The van der Waals surface area contributed by atoms with Crippen LogP contribution in [0.3, 0.4) is 0 Å². The lowest BCUT2D eigenvalue weighted by atomic mass is 9.93. The van der Waals surface area contributed by atoms with Crippen LogP contribution in [0.5, 0.6) is 0 Å². The second-order valence-electron chi connectivity index (χ2n) is 2.66. The second kappa shape index (κ2) is 2.42. The van der Waals surface area contributed by atoms with E-state index in [1.54, 1.807) is 12.2 Å². The molecule has 1 saturated heterocycles. The number of carbonyl (C=O) groups is 1. The Hall–Kier alpha value is -1.25. The Morgan fingerprint density at radius 3 is 2.27 bits per heavy atom. The van der Waals surface area contributed by atoms with Gasteiger partial charge in [0.05, 0.1) is 11.6 Å². The molecular formula is C8H12N2O. The molecule has 3 nitrogen and oxygen atoms in total. The average molecular weight is 152 g/mol. The summed E-state index contributed by atoms with van der Waals surface area (Å²) >= 11 is 0. The number of nitrogens with one attached hydrogen (secondary N) is 2. The van der Waals surface area contributed by atoms with Crippen LogP contribution in [0.25, 0.3) is 0 Å². The van der Waals surface area contributed by atoms with Crippen molar-refractivity contribution in [1.82, 2.24) is 10.6 Å². The maximum Gasteiger partial charge on any atom is 0.316 e. The molecule has 0 aliphatic carbocycles. The third kappa shape index (κ3) is 1.02. The molecule has 0 bridgehead atoms.